The molecule has 1 amide bonds. The average molecular weight is 478 g/mol. The van der Waals surface area contributed by atoms with E-state index in [0.717, 1.165) is 5.56 Å². The molecule has 1 saturated heterocycles. The molecule has 15 heteroatoms. The van der Waals surface area contributed by atoms with Gasteiger partial charge in [-0.05, 0) is 40.7 Å². The van der Waals surface area contributed by atoms with Crippen LogP contribution < -0.4 is 5.32 Å². The van der Waals surface area contributed by atoms with E-state index < -0.39 is 22.0 Å². The third-order valence-corrected chi connectivity index (χ3v) is 7.17. The van der Waals surface area contributed by atoms with Crippen molar-refractivity contribution >= 4 is 72.4 Å². The van der Waals surface area contributed by atoms with Crippen molar-refractivity contribution < 1.29 is 13.6 Å². The lowest BCUT2D eigenvalue weighted by molar-refractivity contribution is 0.0154. The topological polar surface area (TPSA) is 58.1 Å². The van der Waals surface area contributed by atoms with Crippen LogP contribution in [0.25, 0.3) is 0 Å². The van der Waals surface area contributed by atoms with Crippen LogP contribution in [0.5, 0.6) is 0 Å². The molecule has 0 radical (unpaired) electrons. The largest absolute Gasteiger partial charge is 0.350 e. The minimum absolute atomic E-state index is 0.0325. The molecule has 0 bridgehead atoms. The van der Waals surface area contributed by atoms with E-state index in [9.17, 15) is 9.18 Å². The summed E-state index contributed by atoms with van der Waals surface area (Å²) in [6.07, 6.45) is 3.77. The number of hydrogen-bond acceptors (Lipinski definition) is 4. The van der Waals surface area contributed by atoms with Gasteiger partial charge in [0.15, 0.2) is 0 Å². The molecule has 5 nitrogen and oxygen atoms in total. The first-order valence-corrected chi connectivity index (χ1v) is 11.9. The van der Waals surface area contributed by atoms with Crippen LogP contribution in [-0.4, -0.2) is 99.8 Å². The summed E-state index contributed by atoms with van der Waals surface area (Å²) in [5, 5.41) is 1.47. The summed E-state index contributed by atoms with van der Waals surface area (Å²) < 4.78 is 30.0. The fourth-order valence-corrected chi connectivity index (χ4v) is 4.59. The van der Waals surface area contributed by atoms with E-state index in [1.807, 2.05) is 43.8 Å². The van der Waals surface area contributed by atoms with E-state index in [0.29, 0.717) is 12.4 Å². The van der Waals surface area contributed by atoms with Crippen molar-refractivity contribution in [1.82, 2.24) is 20.2 Å². The van der Waals surface area contributed by atoms with Gasteiger partial charge in [-0.2, -0.15) is 0 Å². The van der Waals surface area contributed by atoms with E-state index in [-0.39, 0.29) is 41.1 Å². The van der Waals surface area contributed by atoms with Crippen molar-refractivity contribution in [3.63, 3.8) is 0 Å². The fraction of sp³-hybridized carbons (Fsp3) is 0.421. The maximum Gasteiger partial charge on any atom is 0.253 e. The standard InChI is InChI=1S/C19H28B7ClF2N4O/c20-17(21)9-33(15(34)10-1-2-13(28)12(27)3-10)18(22,23)7-16(17,29)8-30-6-14-31-4-11(5-32-14)19(24,25)26/h1-5,30H,6-9,20-26H2. The number of alkyl halides is 1. The monoisotopic (exact) mass is 478 g/mol. The number of nitrogens with zero attached hydrogens (tertiary/aromatic N) is 3. The normalized spacial score (nSPS) is 21.8. The Hall–Kier alpha value is -1.67. The van der Waals surface area contributed by atoms with E-state index in [4.69, 9.17) is 11.6 Å². The first-order chi connectivity index (χ1) is 15.6. The predicted molar refractivity (Wildman–Crippen MR) is 152 cm³/mol. The Morgan fingerprint density at radius 1 is 1.18 bits per heavy atom. The number of hydrogen-bond donors (Lipinski definition) is 1. The highest BCUT2D eigenvalue weighted by molar-refractivity contribution is 6.58. The molecule has 1 atom stereocenters. The number of aromatic nitrogens is 2. The molecule has 1 N–H and O–H groups in total. The van der Waals surface area contributed by atoms with Crippen molar-refractivity contribution in [2.45, 2.75) is 34.3 Å². The van der Waals surface area contributed by atoms with Gasteiger partial charge in [-0.25, -0.2) is 18.7 Å². The van der Waals surface area contributed by atoms with Crippen molar-refractivity contribution in [3.8, 4) is 0 Å². The van der Waals surface area contributed by atoms with Gasteiger partial charge in [0.25, 0.3) is 5.91 Å². The fourth-order valence-electron chi connectivity index (χ4n) is 4.41. The van der Waals surface area contributed by atoms with Crippen LogP contribution in [-0.2, 0) is 11.7 Å². The second kappa shape index (κ2) is 9.42. The predicted octanol–water partition coefficient (Wildman–Crippen LogP) is -4.07. The summed E-state index contributed by atoms with van der Waals surface area (Å²) in [5.74, 6) is -0.265. The summed E-state index contributed by atoms with van der Waals surface area (Å²) in [6, 6.07) is 3.92. The van der Waals surface area contributed by atoms with Gasteiger partial charge in [0.1, 0.15) is 48.7 Å². The van der Waals surface area contributed by atoms with Gasteiger partial charge in [0.05, 0.1) is 35.1 Å². The number of rotatable bonds is 6. The Bertz CT molecular complexity index is 1070. The van der Waals surface area contributed by atoms with Crippen molar-refractivity contribution in [1.29, 1.82) is 0 Å². The van der Waals surface area contributed by atoms with Crippen LogP contribution in [0, 0.1) is 5.82 Å². The van der Waals surface area contributed by atoms with Crippen LogP contribution in [0.4, 0.5) is 8.78 Å². The minimum Gasteiger partial charge on any atom is -0.350 e. The van der Waals surface area contributed by atoms with Gasteiger partial charge in [0.2, 0.25) is 0 Å². The first-order valence-electron chi connectivity index (χ1n) is 11.5. The quantitative estimate of drug-likeness (QED) is 0.430. The summed E-state index contributed by atoms with van der Waals surface area (Å²) in [5.41, 5.74) is -0.241. The highest BCUT2D eigenvalue weighted by Gasteiger charge is 2.55. The molecule has 2 aromatic rings. The zero-order chi connectivity index (χ0) is 25.5. The SMILES string of the molecule is BC(B)(B)c1cnc(CNCC2(F)CC(B)(B)N(C(=O)c3ccc(F)c(Cl)c3)CC2(B)B)nc1. The van der Waals surface area contributed by atoms with Crippen LogP contribution >= 0.6 is 11.6 Å². The molecular formula is C19H28B7ClF2N4O. The Morgan fingerprint density at radius 3 is 2.35 bits per heavy atom. The van der Waals surface area contributed by atoms with Crippen molar-refractivity contribution in [2.24, 2.45) is 0 Å². The molecule has 1 aromatic carbocycles. The minimum atomic E-state index is -1.57. The molecule has 1 fully saturated rings. The number of carbonyl (C=O) groups excluding carboxylic acids is 1. The lowest BCUT2D eigenvalue weighted by Crippen LogP contribution is -2.68. The Balaban J connectivity index is 1.71. The summed E-state index contributed by atoms with van der Waals surface area (Å²) in [4.78, 5) is 23.8. The second-order valence-electron chi connectivity index (χ2n) is 11.6. The Labute approximate surface area is 211 Å². The third kappa shape index (κ3) is 5.59. The second-order valence-corrected chi connectivity index (χ2v) is 12.0. The van der Waals surface area contributed by atoms with E-state index in [2.05, 4.69) is 38.8 Å². The molecule has 3 rings (SSSR count). The zero-order valence-electron chi connectivity index (χ0n) is 21.1. The first kappa shape index (κ1) is 26.9. The maximum absolute atomic E-state index is 16.4. The molecule has 0 spiro atoms. The molecule has 172 valence electrons. The van der Waals surface area contributed by atoms with Gasteiger partial charge < -0.3 is 10.2 Å². The lowest BCUT2D eigenvalue weighted by Gasteiger charge is -2.57. The van der Waals surface area contributed by atoms with Crippen molar-refractivity contribution in [2.75, 3.05) is 13.1 Å². The van der Waals surface area contributed by atoms with Crippen LogP contribution in [0.15, 0.2) is 30.6 Å². The van der Waals surface area contributed by atoms with Crippen LogP contribution in [0.2, 0.25) is 10.2 Å². The highest BCUT2D eigenvalue weighted by atomic mass is 35.5. The lowest BCUT2D eigenvalue weighted by atomic mass is 9.39. The van der Waals surface area contributed by atoms with E-state index in [1.165, 1.54) is 18.2 Å². The molecule has 1 aliphatic heterocycles. The third-order valence-electron chi connectivity index (χ3n) is 6.88. The van der Waals surface area contributed by atoms with Gasteiger partial charge >= 0.3 is 0 Å². The molecule has 34 heavy (non-hydrogen) atoms. The average Bonchev–Trinajstić information content (AvgIpc) is 2.72. The number of halogens is 3. The van der Waals surface area contributed by atoms with Crippen molar-refractivity contribution in [3.05, 3.63) is 58.4 Å². The number of benzene rings is 1. The van der Waals surface area contributed by atoms with Gasteiger partial charge in [0, 0.05) is 31.0 Å². The number of nitrogens with one attached hydrogen (secondary N) is 1. The molecular weight excluding hydrogens is 449 g/mol. The smallest absolute Gasteiger partial charge is 0.253 e. The molecule has 0 aliphatic carbocycles. The van der Waals surface area contributed by atoms with E-state index in [1.54, 1.807) is 4.90 Å². The van der Waals surface area contributed by atoms with Crippen LogP contribution in [0.1, 0.15) is 28.2 Å². The molecule has 0 saturated carbocycles. The number of piperidine rings is 1. The summed E-state index contributed by atoms with van der Waals surface area (Å²) >= 11 is 5.88. The number of carbonyl (C=O) groups is 1. The van der Waals surface area contributed by atoms with Gasteiger partial charge in [-0.15, -0.1) is 0 Å². The van der Waals surface area contributed by atoms with Gasteiger partial charge in [-0.1, -0.05) is 16.7 Å². The molecule has 2 heterocycles. The number of amides is 1. The molecule has 1 aromatic heterocycles. The van der Waals surface area contributed by atoms with Gasteiger partial charge in [-0.3, -0.25) is 4.79 Å². The Kier molecular flexibility index (Phi) is 7.46. The maximum atomic E-state index is 16.4. The number of likely N-dealkylation sites (tertiary alicyclic amines) is 1. The summed E-state index contributed by atoms with van der Waals surface area (Å²) in [6.45, 7) is 0.671. The molecule has 1 aliphatic rings. The zero-order valence-corrected chi connectivity index (χ0v) is 21.9. The highest BCUT2D eigenvalue weighted by Crippen LogP contribution is 2.47. The van der Waals surface area contributed by atoms with E-state index >= 15 is 4.39 Å². The molecule has 1 unspecified atom stereocenters. The Morgan fingerprint density at radius 2 is 1.79 bits per heavy atom. The summed E-state index contributed by atoms with van der Waals surface area (Å²) in [7, 11) is 13.7. The van der Waals surface area contributed by atoms with Crippen LogP contribution in [0.3, 0.4) is 0 Å².